The second-order valence-corrected chi connectivity index (χ2v) is 3.14. The SMILES string of the molecule is [C-]#[N+]C(CC)Cc1ccc(F)c(F)c1. The van der Waals surface area contributed by atoms with Crippen molar-refractivity contribution in [2.45, 2.75) is 25.8 Å². The van der Waals surface area contributed by atoms with E-state index in [2.05, 4.69) is 4.85 Å². The fourth-order valence-electron chi connectivity index (χ4n) is 1.22. The fourth-order valence-corrected chi connectivity index (χ4v) is 1.22. The lowest BCUT2D eigenvalue weighted by molar-refractivity contribution is 0.506. The van der Waals surface area contributed by atoms with E-state index in [4.69, 9.17) is 6.57 Å². The van der Waals surface area contributed by atoms with Gasteiger partial charge in [-0.2, -0.15) is 0 Å². The molecule has 0 aromatic heterocycles. The molecule has 1 unspecified atom stereocenters. The minimum absolute atomic E-state index is 0.139. The minimum atomic E-state index is -0.845. The lowest BCUT2D eigenvalue weighted by atomic mass is 10.0. The summed E-state index contributed by atoms with van der Waals surface area (Å²) in [5, 5.41) is 0. The van der Waals surface area contributed by atoms with Gasteiger partial charge in [-0.25, -0.2) is 15.4 Å². The Morgan fingerprint density at radius 1 is 1.36 bits per heavy atom. The largest absolute Gasteiger partial charge is 0.313 e. The molecule has 74 valence electrons. The molecular formula is C11H11F2N. The quantitative estimate of drug-likeness (QED) is 0.652. The summed E-state index contributed by atoms with van der Waals surface area (Å²) < 4.78 is 25.3. The maximum atomic E-state index is 12.8. The van der Waals surface area contributed by atoms with Crippen molar-refractivity contribution < 1.29 is 8.78 Å². The fraction of sp³-hybridized carbons (Fsp3) is 0.364. The Labute approximate surface area is 82.2 Å². The predicted molar refractivity (Wildman–Crippen MR) is 50.7 cm³/mol. The molecule has 0 aliphatic carbocycles. The Morgan fingerprint density at radius 2 is 2.07 bits per heavy atom. The maximum absolute atomic E-state index is 12.8. The van der Waals surface area contributed by atoms with Crippen LogP contribution in [0, 0.1) is 18.2 Å². The van der Waals surface area contributed by atoms with Gasteiger partial charge in [0.1, 0.15) is 0 Å². The third-order valence-corrected chi connectivity index (χ3v) is 2.11. The van der Waals surface area contributed by atoms with Crippen molar-refractivity contribution in [3.8, 4) is 0 Å². The summed E-state index contributed by atoms with van der Waals surface area (Å²) in [6, 6.07) is 3.64. The number of halogens is 2. The van der Waals surface area contributed by atoms with E-state index >= 15 is 0 Å². The summed E-state index contributed by atoms with van der Waals surface area (Å²) in [6.45, 7) is 8.77. The van der Waals surface area contributed by atoms with E-state index in [0.717, 1.165) is 18.6 Å². The zero-order chi connectivity index (χ0) is 10.6. The Hall–Kier alpha value is -1.43. The molecule has 14 heavy (non-hydrogen) atoms. The normalized spacial score (nSPS) is 12.1. The third kappa shape index (κ3) is 2.53. The van der Waals surface area contributed by atoms with Crippen molar-refractivity contribution in [2.75, 3.05) is 0 Å². The van der Waals surface area contributed by atoms with Crippen LogP contribution in [0.25, 0.3) is 4.85 Å². The van der Waals surface area contributed by atoms with Gasteiger partial charge in [0.25, 0.3) is 0 Å². The molecule has 0 radical (unpaired) electrons. The second kappa shape index (κ2) is 4.71. The van der Waals surface area contributed by atoms with Crippen LogP contribution in [0.2, 0.25) is 0 Å². The Bertz CT molecular complexity index is 355. The van der Waals surface area contributed by atoms with Crippen LogP contribution in [0.1, 0.15) is 18.9 Å². The first-order valence-electron chi connectivity index (χ1n) is 4.47. The van der Waals surface area contributed by atoms with Crippen LogP contribution in [-0.2, 0) is 6.42 Å². The van der Waals surface area contributed by atoms with E-state index in [-0.39, 0.29) is 6.04 Å². The summed E-state index contributed by atoms with van der Waals surface area (Å²) in [5.74, 6) is -1.69. The lowest BCUT2D eigenvalue weighted by Gasteiger charge is -2.03. The molecule has 0 heterocycles. The minimum Gasteiger partial charge on any atom is -0.313 e. The predicted octanol–water partition coefficient (Wildman–Crippen LogP) is 3.21. The molecule has 1 aromatic rings. The summed E-state index contributed by atoms with van der Waals surface area (Å²) in [7, 11) is 0. The van der Waals surface area contributed by atoms with Crippen LogP contribution in [0.4, 0.5) is 8.78 Å². The first-order chi connectivity index (χ1) is 6.67. The highest BCUT2D eigenvalue weighted by atomic mass is 19.2. The molecule has 1 nitrogen and oxygen atoms in total. The van der Waals surface area contributed by atoms with E-state index in [1.165, 1.54) is 6.07 Å². The van der Waals surface area contributed by atoms with Gasteiger partial charge in [0.2, 0.25) is 6.04 Å². The van der Waals surface area contributed by atoms with Crippen molar-refractivity contribution in [2.24, 2.45) is 0 Å². The van der Waals surface area contributed by atoms with Crippen LogP contribution in [0.3, 0.4) is 0 Å². The van der Waals surface area contributed by atoms with Crippen LogP contribution in [0.5, 0.6) is 0 Å². The molecule has 0 spiro atoms. The molecule has 0 saturated carbocycles. The molecule has 1 atom stereocenters. The number of rotatable bonds is 3. The van der Waals surface area contributed by atoms with Crippen LogP contribution >= 0.6 is 0 Å². The number of hydrogen-bond donors (Lipinski definition) is 0. The molecule has 0 bridgehead atoms. The number of benzene rings is 1. The van der Waals surface area contributed by atoms with Crippen molar-refractivity contribution >= 4 is 0 Å². The maximum Gasteiger partial charge on any atom is 0.227 e. The highest BCUT2D eigenvalue weighted by Crippen LogP contribution is 2.13. The molecule has 1 rings (SSSR count). The Morgan fingerprint density at radius 3 is 2.57 bits per heavy atom. The topological polar surface area (TPSA) is 4.36 Å². The summed E-state index contributed by atoms with van der Waals surface area (Å²) in [6.07, 6.45) is 1.21. The zero-order valence-corrected chi connectivity index (χ0v) is 7.93. The molecule has 1 aromatic carbocycles. The first-order valence-corrected chi connectivity index (χ1v) is 4.47. The van der Waals surface area contributed by atoms with Gasteiger partial charge in [-0.1, -0.05) is 13.0 Å². The molecular weight excluding hydrogens is 184 g/mol. The molecule has 0 N–H and O–H groups in total. The molecule has 0 aliphatic heterocycles. The summed E-state index contributed by atoms with van der Waals surface area (Å²) in [4.78, 5) is 3.39. The second-order valence-electron chi connectivity index (χ2n) is 3.14. The van der Waals surface area contributed by atoms with E-state index < -0.39 is 11.6 Å². The van der Waals surface area contributed by atoms with E-state index in [0.29, 0.717) is 12.0 Å². The van der Waals surface area contributed by atoms with E-state index in [1.54, 1.807) is 0 Å². The smallest absolute Gasteiger partial charge is 0.227 e. The van der Waals surface area contributed by atoms with Gasteiger partial charge >= 0.3 is 0 Å². The third-order valence-electron chi connectivity index (χ3n) is 2.11. The van der Waals surface area contributed by atoms with Crippen LogP contribution in [0.15, 0.2) is 18.2 Å². The van der Waals surface area contributed by atoms with Gasteiger partial charge in [0, 0.05) is 12.8 Å². The van der Waals surface area contributed by atoms with Gasteiger partial charge in [-0.05, 0) is 17.7 Å². The van der Waals surface area contributed by atoms with Gasteiger partial charge in [0.15, 0.2) is 11.6 Å². The highest BCUT2D eigenvalue weighted by molar-refractivity contribution is 5.19. The molecule has 0 aliphatic rings. The standard InChI is InChI=1S/C11H11F2N/c1-3-9(14-2)6-8-4-5-10(12)11(13)7-8/h4-5,7,9H,3,6H2,1H3. The van der Waals surface area contributed by atoms with Gasteiger partial charge in [0.05, 0.1) is 0 Å². The summed E-state index contributed by atoms with van der Waals surface area (Å²) in [5.41, 5.74) is 0.673. The van der Waals surface area contributed by atoms with Crippen LogP contribution < -0.4 is 0 Å². The molecule has 0 saturated heterocycles. The first kappa shape index (κ1) is 10.6. The molecule has 3 heteroatoms. The Balaban J connectivity index is 2.78. The highest BCUT2D eigenvalue weighted by Gasteiger charge is 2.11. The van der Waals surface area contributed by atoms with E-state index in [9.17, 15) is 8.78 Å². The molecule has 0 fully saturated rings. The lowest BCUT2D eigenvalue weighted by Crippen LogP contribution is -2.04. The van der Waals surface area contributed by atoms with Gasteiger partial charge in [-0.3, -0.25) is 0 Å². The average molecular weight is 195 g/mol. The summed E-state index contributed by atoms with van der Waals surface area (Å²) >= 11 is 0. The number of nitrogens with zero attached hydrogens (tertiary/aromatic N) is 1. The Kier molecular flexibility index (Phi) is 3.58. The monoisotopic (exact) mass is 195 g/mol. The van der Waals surface area contributed by atoms with Gasteiger partial charge < -0.3 is 4.85 Å². The average Bonchev–Trinajstić information content (AvgIpc) is 2.19. The number of hydrogen-bond acceptors (Lipinski definition) is 0. The van der Waals surface area contributed by atoms with Crippen molar-refractivity contribution in [1.29, 1.82) is 0 Å². The van der Waals surface area contributed by atoms with Crippen molar-refractivity contribution in [3.63, 3.8) is 0 Å². The molecule has 0 amide bonds. The van der Waals surface area contributed by atoms with Crippen molar-refractivity contribution in [1.82, 2.24) is 0 Å². The van der Waals surface area contributed by atoms with Gasteiger partial charge in [-0.15, -0.1) is 0 Å². The van der Waals surface area contributed by atoms with E-state index in [1.807, 2.05) is 6.92 Å². The zero-order valence-electron chi connectivity index (χ0n) is 7.93. The van der Waals surface area contributed by atoms with Crippen LogP contribution in [-0.4, -0.2) is 6.04 Å². The van der Waals surface area contributed by atoms with Crippen molar-refractivity contribution in [3.05, 3.63) is 46.8 Å².